The summed E-state index contributed by atoms with van der Waals surface area (Å²) < 4.78 is 8.65. The molecule has 2 rings (SSSR count). The summed E-state index contributed by atoms with van der Waals surface area (Å²) in [5, 5.41) is 0. The Labute approximate surface area is 142 Å². The van der Waals surface area contributed by atoms with E-state index in [1.807, 2.05) is 43.3 Å². The predicted molar refractivity (Wildman–Crippen MR) is 92.8 cm³/mol. The molecule has 0 aromatic heterocycles. The van der Waals surface area contributed by atoms with Gasteiger partial charge in [0, 0.05) is 18.2 Å². The van der Waals surface area contributed by atoms with Gasteiger partial charge in [0.05, 0.1) is 6.61 Å². The summed E-state index contributed by atoms with van der Waals surface area (Å²) in [6.45, 7) is 9.45. The second kappa shape index (κ2) is 13.7. The van der Waals surface area contributed by atoms with Crippen LogP contribution in [0.3, 0.4) is 0 Å². The van der Waals surface area contributed by atoms with Crippen molar-refractivity contribution in [3.63, 3.8) is 0 Å². The monoisotopic (exact) mass is 330 g/mol. The average Bonchev–Trinajstić information content (AvgIpc) is 2.99. The molecular weight excluding hydrogens is 308 g/mol. The van der Waals surface area contributed by atoms with Crippen molar-refractivity contribution in [1.29, 1.82) is 0 Å². The van der Waals surface area contributed by atoms with Gasteiger partial charge in [0.25, 0.3) is 0 Å². The normalized spacial score (nSPS) is 11.2. The molecule has 0 N–H and O–H groups in total. The van der Waals surface area contributed by atoms with Crippen molar-refractivity contribution in [2.45, 2.75) is 19.8 Å². The Morgan fingerprint density at radius 2 is 1.71 bits per heavy atom. The number of ether oxygens (including phenoxy) is 2. The molecule has 128 valence electrons. The Morgan fingerprint density at radius 1 is 1.12 bits per heavy atom. The maximum absolute atomic E-state index is 10.3. The molecule has 0 saturated heterocycles. The van der Waals surface area contributed by atoms with Crippen LogP contribution in [0.1, 0.15) is 25.3 Å². The Morgan fingerprint density at radius 3 is 2.04 bits per heavy atom. The van der Waals surface area contributed by atoms with Gasteiger partial charge in [0.15, 0.2) is 0 Å². The summed E-state index contributed by atoms with van der Waals surface area (Å²) in [5.41, 5.74) is 1.17. The van der Waals surface area contributed by atoms with Gasteiger partial charge in [-0.15, -0.1) is 0 Å². The maximum atomic E-state index is 10.3. The van der Waals surface area contributed by atoms with E-state index < -0.39 is 11.9 Å². The van der Waals surface area contributed by atoms with Gasteiger partial charge < -0.3 is 9.47 Å². The topological polar surface area (TPSA) is 69.7 Å². The molecule has 5 nitrogen and oxygen atoms in total. The molecular formula is C19H22O5. The maximum Gasteiger partial charge on any atom is 0.338 e. The van der Waals surface area contributed by atoms with Gasteiger partial charge in [-0.05, 0) is 12.0 Å². The summed E-state index contributed by atoms with van der Waals surface area (Å²) in [5.74, 6) is -1.49. The fourth-order valence-corrected chi connectivity index (χ4v) is 1.27. The van der Waals surface area contributed by atoms with Gasteiger partial charge in [-0.3, -0.25) is 0 Å². The molecule has 1 aromatic carbocycles. The molecule has 1 aliphatic rings. The third kappa shape index (κ3) is 11.7. The van der Waals surface area contributed by atoms with E-state index >= 15 is 0 Å². The molecule has 0 atom stereocenters. The van der Waals surface area contributed by atoms with E-state index in [0.717, 1.165) is 25.0 Å². The zero-order chi connectivity index (χ0) is 18.2. The van der Waals surface area contributed by atoms with E-state index in [-0.39, 0.29) is 5.97 Å². The molecule has 5 heteroatoms. The van der Waals surface area contributed by atoms with E-state index in [1.54, 1.807) is 0 Å². The molecule has 0 aliphatic carbocycles. The number of carbonyl (C=O) groups excluding carboxylic acids is 3. The molecule has 0 amide bonds. The highest BCUT2D eigenvalue weighted by molar-refractivity contribution is 6.04. The Kier molecular flexibility index (Phi) is 12.0. The van der Waals surface area contributed by atoms with Crippen molar-refractivity contribution >= 4 is 24.0 Å². The van der Waals surface area contributed by atoms with Gasteiger partial charge in [0.1, 0.15) is 0 Å². The second-order valence-electron chi connectivity index (χ2n) is 4.41. The third-order valence-corrected chi connectivity index (χ3v) is 2.50. The smallest absolute Gasteiger partial charge is 0.338 e. The van der Waals surface area contributed by atoms with Gasteiger partial charge in [0.2, 0.25) is 0 Å². The largest absolute Gasteiger partial charge is 0.463 e. The van der Waals surface area contributed by atoms with Crippen LogP contribution >= 0.6 is 0 Å². The Bertz CT molecular complexity index is 557. The predicted octanol–water partition coefficient (Wildman–Crippen LogP) is 3.47. The minimum Gasteiger partial charge on any atom is -0.463 e. The van der Waals surface area contributed by atoms with E-state index in [0.29, 0.717) is 6.61 Å². The molecule has 0 spiro atoms. The summed E-state index contributed by atoms with van der Waals surface area (Å²) in [6, 6.07) is 10.0. The van der Waals surface area contributed by atoms with Crippen LogP contribution in [0.2, 0.25) is 0 Å². The van der Waals surface area contributed by atoms with Crippen LogP contribution in [-0.2, 0) is 23.9 Å². The lowest BCUT2D eigenvalue weighted by Gasteiger charge is -1.97. The number of hydrogen-bond donors (Lipinski definition) is 0. The number of cyclic esters (lactones) is 2. The molecule has 0 radical (unpaired) electrons. The summed E-state index contributed by atoms with van der Waals surface area (Å²) in [6.07, 6.45) is 7.16. The fourth-order valence-electron chi connectivity index (χ4n) is 1.27. The SMILES string of the molecule is C=CC(=O)OCCCC.C=Cc1ccccc1.O=C1C=CC(=O)O1. The van der Waals surface area contributed by atoms with Crippen LogP contribution in [0.15, 0.2) is 61.7 Å². The first-order valence-corrected chi connectivity index (χ1v) is 7.44. The molecule has 24 heavy (non-hydrogen) atoms. The Hall–Kier alpha value is -2.95. The van der Waals surface area contributed by atoms with Crippen LogP contribution in [0, 0.1) is 0 Å². The number of benzene rings is 1. The van der Waals surface area contributed by atoms with Crippen LogP contribution in [0.5, 0.6) is 0 Å². The first-order chi connectivity index (χ1) is 11.5. The van der Waals surface area contributed by atoms with Crippen LogP contribution in [-0.4, -0.2) is 24.5 Å². The third-order valence-electron chi connectivity index (χ3n) is 2.50. The van der Waals surface area contributed by atoms with Crippen LogP contribution in [0.4, 0.5) is 0 Å². The molecule has 0 saturated carbocycles. The van der Waals surface area contributed by atoms with Gasteiger partial charge in [-0.1, -0.05) is 62.9 Å². The van der Waals surface area contributed by atoms with E-state index in [9.17, 15) is 14.4 Å². The average molecular weight is 330 g/mol. The molecule has 0 fully saturated rings. The number of rotatable bonds is 5. The van der Waals surface area contributed by atoms with Crippen molar-refractivity contribution < 1.29 is 23.9 Å². The summed E-state index contributed by atoms with van der Waals surface area (Å²) in [4.78, 5) is 30.2. The van der Waals surface area contributed by atoms with Gasteiger partial charge in [-0.25, -0.2) is 14.4 Å². The van der Waals surface area contributed by atoms with Crippen molar-refractivity contribution in [2.75, 3.05) is 6.61 Å². The lowest BCUT2D eigenvalue weighted by molar-refractivity contribution is -0.150. The van der Waals surface area contributed by atoms with Gasteiger partial charge >= 0.3 is 17.9 Å². The number of unbranched alkanes of at least 4 members (excludes halogenated alkanes) is 1. The molecule has 1 aromatic rings. The van der Waals surface area contributed by atoms with E-state index in [2.05, 4.69) is 22.6 Å². The molecule has 1 aliphatic heterocycles. The van der Waals surface area contributed by atoms with Crippen LogP contribution < -0.4 is 0 Å². The molecule has 0 unspecified atom stereocenters. The molecule has 1 heterocycles. The minimum atomic E-state index is -0.579. The fraction of sp³-hybridized carbons (Fsp3) is 0.211. The van der Waals surface area contributed by atoms with Gasteiger partial charge in [-0.2, -0.15) is 0 Å². The highest BCUT2D eigenvalue weighted by Crippen LogP contribution is 1.97. The number of esters is 3. The van der Waals surface area contributed by atoms with Crippen molar-refractivity contribution in [3.05, 3.63) is 67.3 Å². The van der Waals surface area contributed by atoms with Crippen LogP contribution in [0.25, 0.3) is 6.08 Å². The number of hydrogen-bond acceptors (Lipinski definition) is 5. The zero-order valence-corrected chi connectivity index (χ0v) is 13.8. The molecule has 0 bridgehead atoms. The lowest BCUT2D eigenvalue weighted by atomic mass is 10.2. The van der Waals surface area contributed by atoms with E-state index in [4.69, 9.17) is 0 Å². The number of carbonyl (C=O) groups is 3. The van der Waals surface area contributed by atoms with Crippen molar-refractivity contribution in [3.8, 4) is 0 Å². The van der Waals surface area contributed by atoms with Crippen molar-refractivity contribution in [2.24, 2.45) is 0 Å². The van der Waals surface area contributed by atoms with Crippen molar-refractivity contribution in [1.82, 2.24) is 0 Å². The second-order valence-corrected chi connectivity index (χ2v) is 4.41. The van der Waals surface area contributed by atoms with E-state index in [1.165, 1.54) is 11.6 Å². The highest BCUT2D eigenvalue weighted by atomic mass is 16.6. The first kappa shape index (κ1) is 21.0. The summed E-state index contributed by atoms with van der Waals surface area (Å²) in [7, 11) is 0. The summed E-state index contributed by atoms with van der Waals surface area (Å²) >= 11 is 0. The lowest BCUT2D eigenvalue weighted by Crippen LogP contribution is -2.00. The highest BCUT2D eigenvalue weighted by Gasteiger charge is 2.10. The zero-order valence-electron chi connectivity index (χ0n) is 13.8. The Balaban J connectivity index is 0.000000332. The standard InChI is InChI=1S/C8H8.C7H12O2.C4H2O3/c1-2-8-6-4-3-5-7-8;1-3-5-6-9-7(8)4-2;5-3-1-2-4(6)7-3/h2-7H,1H2;4H,2-3,5-6H2,1H3;1-2H. The minimum absolute atomic E-state index is 0.330. The quantitative estimate of drug-likeness (QED) is 0.358. The first-order valence-electron chi connectivity index (χ1n) is 7.44.